The van der Waals surface area contributed by atoms with Crippen molar-refractivity contribution in [2.24, 2.45) is 0 Å². The minimum absolute atomic E-state index is 0.327. The molecule has 0 aliphatic carbocycles. The molecule has 0 aliphatic heterocycles. The Kier molecular flexibility index (Phi) is 8.64. The zero-order chi connectivity index (χ0) is 12.4. The zero-order valence-electron chi connectivity index (χ0n) is 10.1. The first-order chi connectivity index (χ1) is 7.58. The fourth-order valence-corrected chi connectivity index (χ4v) is 2.52. The molecule has 0 spiro atoms. The minimum Gasteiger partial charge on any atom is -0.463 e. The molecule has 94 valence electrons. The van der Waals surface area contributed by atoms with Gasteiger partial charge < -0.3 is 13.6 Å². The van der Waals surface area contributed by atoms with Gasteiger partial charge in [-0.05, 0) is 19.0 Å². The molecule has 4 nitrogen and oxygen atoms in total. The number of esters is 1. The van der Waals surface area contributed by atoms with E-state index in [1.807, 2.05) is 6.55 Å². The van der Waals surface area contributed by atoms with Gasteiger partial charge in [0.2, 0.25) is 0 Å². The van der Waals surface area contributed by atoms with Gasteiger partial charge in [0, 0.05) is 26.0 Å². The molecular formula is C10H20O4SSi. The normalized spacial score (nSPS) is 12.0. The Labute approximate surface area is 104 Å². The Balaban J connectivity index is 3.67. The highest BCUT2D eigenvalue weighted by Crippen LogP contribution is 2.13. The summed E-state index contributed by atoms with van der Waals surface area (Å²) in [6.45, 7) is 2.38. The summed E-state index contributed by atoms with van der Waals surface area (Å²) in [5.41, 5.74) is 0. The predicted molar refractivity (Wildman–Crippen MR) is 69.0 cm³/mol. The quantitative estimate of drug-likeness (QED) is 0.239. The molecule has 0 aromatic carbocycles. The SMILES string of the molecule is CO[Si](C)(CCCOC(=O)C=CCS)OC. The number of thiol groups is 1. The molecule has 0 N–H and O–H groups in total. The fourth-order valence-electron chi connectivity index (χ4n) is 1.05. The van der Waals surface area contributed by atoms with E-state index in [9.17, 15) is 4.79 Å². The smallest absolute Gasteiger partial charge is 0.334 e. The summed E-state index contributed by atoms with van der Waals surface area (Å²) in [5, 5.41) is 0. The van der Waals surface area contributed by atoms with E-state index in [1.54, 1.807) is 20.3 Å². The monoisotopic (exact) mass is 264 g/mol. The van der Waals surface area contributed by atoms with Crippen molar-refractivity contribution in [3.63, 3.8) is 0 Å². The third-order valence-electron chi connectivity index (χ3n) is 2.24. The maximum absolute atomic E-state index is 11.1. The van der Waals surface area contributed by atoms with Crippen LogP contribution in [0, 0.1) is 0 Å². The van der Waals surface area contributed by atoms with Crippen LogP contribution in [-0.2, 0) is 18.4 Å². The Morgan fingerprint density at radius 2 is 2.00 bits per heavy atom. The molecule has 0 heterocycles. The second-order valence-electron chi connectivity index (χ2n) is 3.40. The third kappa shape index (κ3) is 7.05. The summed E-state index contributed by atoms with van der Waals surface area (Å²) in [4.78, 5) is 11.1. The van der Waals surface area contributed by atoms with Gasteiger partial charge in [0.1, 0.15) is 0 Å². The number of carbonyl (C=O) groups is 1. The third-order valence-corrected chi connectivity index (χ3v) is 5.44. The van der Waals surface area contributed by atoms with E-state index in [0.29, 0.717) is 12.4 Å². The largest absolute Gasteiger partial charge is 0.463 e. The Bertz CT molecular complexity index is 229. The topological polar surface area (TPSA) is 44.8 Å². The van der Waals surface area contributed by atoms with E-state index in [0.717, 1.165) is 12.5 Å². The molecule has 0 rings (SSSR count). The molecule has 0 saturated heterocycles. The Hall–Kier alpha value is -0.303. The highest BCUT2D eigenvalue weighted by atomic mass is 32.1. The summed E-state index contributed by atoms with van der Waals surface area (Å²) < 4.78 is 15.6. The average molecular weight is 264 g/mol. The standard InChI is InChI=1S/C10H20O4SSi/c1-12-16(3,13-2)9-5-7-14-10(11)6-4-8-15/h4,6,15H,5,7-9H2,1-3H3. The fraction of sp³-hybridized carbons (Fsp3) is 0.700. The number of rotatable bonds is 8. The molecule has 16 heavy (non-hydrogen) atoms. The van der Waals surface area contributed by atoms with Gasteiger partial charge in [0.05, 0.1) is 6.61 Å². The van der Waals surface area contributed by atoms with Gasteiger partial charge in [0.25, 0.3) is 0 Å². The van der Waals surface area contributed by atoms with Crippen molar-refractivity contribution in [1.29, 1.82) is 0 Å². The van der Waals surface area contributed by atoms with Crippen molar-refractivity contribution in [2.75, 3.05) is 26.6 Å². The van der Waals surface area contributed by atoms with E-state index >= 15 is 0 Å². The van der Waals surface area contributed by atoms with Crippen molar-refractivity contribution in [1.82, 2.24) is 0 Å². The molecule has 0 aromatic rings. The summed E-state index contributed by atoms with van der Waals surface area (Å²) in [7, 11) is 1.28. The molecule has 0 unspecified atom stereocenters. The van der Waals surface area contributed by atoms with Crippen molar-refractivity contribution >= 4 is 27.2 Å². The first-order valence-corrected chi connectivity index (χ1v) is 8.28. The van der Waals surface area contributed by atoms with Gasteiger partial charge in [-0.1, -0.05) is 6.08 Å². The minimum atomic E-state index is -2.02. The van der Waals surface area contributed by atoms with Crippen molar-refractivity contribution in [3.8, 4) is 0 Å². The van der Waals surface area contributed by atoms with Gasteiger partial charge >= 0.3 is 14.5 Å². The van der Waals surface area contributed by atoms with Gasteiger partial charge in [-0.15, -0.1) is 0 Å². The first kappa shape index (κ1) is 15.7. The van der Waals surface area contributed by atoms with Crippen LogP contribution >= 0.6 is 12.6 Å². The van der Waals surface area contributed by atoms with Crippen LogP contribution in [0.15, 0.2) is 12.2 Å². The highest BCUT2D eigenvalue weighted by molar-refractivity contribution is 7.80. The molecule has 0 bridgehead atoms. The van der Waals surface area contributed by atoms with Crippen molar-refractivity contribution in [3.05, 3.63) is 12.2 Å². The van der Waals surface area contributed by atoms with Gasteiger partial charge in [0.15, 0.2) is 0 Å². The maximum Gasteiger partial charge on any atom is 0.334 e. The van der Waals surface area contributed by atoms with Gasteiger partial charge in [-0.2, -0.15) is 12.6 Å². The molecule has 0 amide bonds. The van der Waals surface area contributed by atoms with Crippen molar-refractivity contribution in [2.45, 2.75) is 19.0 Å². The average Bonchev–Trinajstić information content (AvgIpc) is 2.31. The van der Waals surface area contributed by atoms with Crippen LogP contribution in [0.4, 0.5) is 0 Å². The van der Waals surface area contributed by atoms with Crippen LogP contribution < -0.4 is 0 Å². The molecule has 0 atom stereocenters. The van der Waals surface area contributed by atoms with E-state index in [1.165, 1.54) is 6.08 Å². The van der Waals surface area contributed by atoms with Crippen LogP contribution in [0.25, 0.3) is 0 Å². The molecule has 6 heteroatoms. The van der Waals surface area contributed by atoms with E-state index in [2.05, 4.69) is 12.6 Å². The lowest BCUT2D eigenvalue weighted by molar-refractivity contribution is -0.137. The molecule has 0 aromatic heterocycles. The molecule has 0 radical (unpaired) electrons. The summed E-state index contributed by atoms with van der Waals surface area (Å²) in [6.07, 6.45) is 3.79. The lowest BCUT2D eigenvalue weighted by Gasteiger charge is -2.22. The van der Waals surface area contributed by atoms with E-state index < -0.39 is 8.56 Å². The van der Waals surface area contributed by atoms with E-state index in [-0.39, 0.29) is 5.97 Å². The number of hydrogen-bond acceptors (Lipinski definition) is 5. The number of ether oxygens (including phenoxy) is 1. The summed E-state index contributed by atoms with van der Waals surface area (Å²) in [6, 6.07) is 0.809. The second kappa shape index (κ2) is 8.80. The van der Waals surface area contributed by atoms with Crippen LogP contribution in [0.1, 0.15) is 6.42 Å². The van der Waals surface area contributed by atoms with Crippen LogP contribution in [0.3, 0.4) is 0 Å². The van der Waals surface area contributed by atoms with Crippen LogP contribution in [0.2, 0.25) is 12.6 Å². The molecule has 0 fully saturated rings. The van der Waals surface area contributed by atoms with Gasteiger partial charge in [-0.25, -0.2) is 4.79 Å². The van der Waals surface area contributed by atoms with Crippen LogP contribution in [0.5, 0.6) is 0 Å². The zero-order valence-corrected chi connectivity index (χ0v) is 12.0. The summed E-state index contributed by atoms with van der Waals surface area (Å²) >= 11 is 3.95. The second-order valence-corrected chi connectivity index (χ2v) is 7.35. The van der Waals surface area contributed by atoms with E-state index in [4.69, 9.17) is 13.6 Å². The highest BCUT2D eigenvalue weighted by Gasteiger charge is 2.27. The lowest BCUT2D eigenvalue weighted by atomic mass is 10.5. The summed E-state index contributed by atoms with van der Waals surface area (Å²) in [5.74, 6) is 0.209. The molecule has 0 aliphatic rings. The predicted octanol–water partition coefficient (Wildman–Crippen LogP) is 1.77. The van der Waals surface area contributed by atoms with Crippen LogP contribution in [-0.4, -0.2) is 41.1 Å². The van der Waals surface area contributed by atoms with Gasteiger partial charge in [-0.3, -0.25) is 0 Å². The Morgan fingerprint density at radius 3 is 2.50 bits per heavy atom. The van der Waals surface area contributed by atoms with Crippen molar-refractivity contribution < 1.29 is 18.4 Å². The Morgan fingerprint density at radius 1 is 1.38 bits per heavy atom. The maximum atomic E-state index is 11.1. The lowest BCUT2D eigenvalue weighted by Crippen LogP contribution is -2.36. The molecule has 0 saturated carbocycles. The number of hydrogen-bond donors (Lipinski definition) is 1. The number of carbonyl (C=O) groups excluding carboxylic acids is 1. The first-order valence-electron chi connectivity index (χ1n) is 5.12. The molecular weight excluding hydrogens is 244 g/mol.